The molecule has 0 radical (unpaired) electrons. The van der Waals surface area contributed by atoms with Gasteiger partial charge >= 0.3 is 5.97 Å². The van der Waals surface area contributed by atoms with Gasteiger partial charge in [-0.2, -0.15) is 0 Å². The highest BCUT2D eigenvalue weighted by Crippen LogP contribution is 2.12. The molecule has 0 aromatic heterocycles. The lowest BCUT2D eigenvalue weighted by molar-refractivity contribution is -0.135. The van der Waals surface area contributed by atoms with Crippen molar-refractivity contribution in [3.05, 3.63) is 72.3 Å². The van der Waals surface area contributed by atoms with Gasteiger partial charge in [-0.25, -0.2) is 8.42 Å². The number of anilines is 2. The third-order valence-corrected chi connectivity index (χ3v) is 6.59. The number of benzene rings is 2. The van der Waals surface area contributed by atoms with Crippen molar-refractivity contribution in [2.45, 2.75) is 44.9 Å². The van der Waals surface area contributed by atoms with Crippen molar-refractivity contribution in [1.82, 2.24) is 5.32 Å². The Kier molecular flexibility index (Phi) is 12.4. The van der Waals surface area contributed by atoms with Crippen molar-refractivity contribution < 1.29 is 23.1 Å². The number of carbonyl (C=O) groups is 2. The van der Waals surface area contributed by atoms with Gasteiger partial charge in [0.1, 0.15) is 6.54 Å². The predicted octanol–water partition coefficient (Wildman–Crippen LogP) is 4.64. The first-order valence-corrected chi connectivity index (χ1v) is 13.6. The molecule has 0 aliphatic carbocycles. The topological polar surface area (TPSA) is 125 Å². The molecule has 8 nitrogen and oxygen atoms in total. The lowest BCUT2D eigenvalue weighted by Crippen LogP contribution is -2.29. The van der Waals surface area contributed by atoms with E-state index in [1.807, 2.05) is 6.07 Å². The summed E-state index contributed by atoms with van der Waals surface area (Å²) < 4.78 is 26.8. The number of carboxylic acid groups (broad SMARTS) is 1. The number of allylic oxidation sites excluding steroid dienone is 1. The second-order valence-electron chi connectivity index (χ2n) is 8.20. The van der Waals surface area contributed by atoms with Crippen LogP contribution in [-0.2, 0) is 14.8 Å². The van der Waals surface area contributed by atoms with Crippen LogP contribution in [-0.4, -0.2) is 44.2 Å². The van der Waals surface area contributed by atoms with E-state index in [1.54, 1.807) is 48.5 Å². The van der Waals surface area contributed by atoms with Crippen LogP contribution in [0.3, 0.4) is 0 Å². The van der Waals surface area contributed by atoms with E-state index in [4.69, 9.17) is 5.11 Å². The van der Waals surface area contributed by atoms with Crippen LogP contribution in [0.2, 0.25) is 0 Å². The number of aliphatic carboxylic acids is 1. The van der Waals surface area contributed by atoms with Crippen molar-refractivity contribution in [2.24, 2.45) is 0 Å². The summed E-state index contributed by atoms with van der Waals surface area (Å²) >= 11 is 0. The molecule has 0 aliphatic heterocycles. The molecule has 190 valence electrons. The fourth-order valence-corrected chi connectivity index (χ4v) is 4.55. The third kappa shape index (κ3) is 12.6. The van der Waals surface area contributed by atoms with Gasteiger partial charge in [-0.05, 0) is 55.7 Å². The highest BCUT2D eigenvalue weighted by molar-refractivity contribution is 7.92. The first kappa shape index (κ1) is 27.9. The Bertz CT molecular complexity index is 1040. The van der Waals surface area contributed by atoms with Crippen LogP contribution in [0.4, 0.5) is 11.4 Å². The van der Waals surface area contributed by atoms with Crippen molar-refractivity contribution in [3.63, 3.8) is 0 Å². The van der Waals surface area contributed by atoms with Crippen molar-refractivity contribution in [2.75, 3.05) is 28.9 Å². The fraction of sp³-hybridized carbons (Fsp3) is 0.385. The molecule has 9 heteroatoms. The Labute approximate surface area is 207 Å². The Morgan fingerprint density at radius 3 is 2.14 bits per heavy atom. The molecule has 0 unspecified atom stereocenters. The molecule has 4 N–H and O–H groups in total. The standard InChI is InChI=1S/C26H35N3O5S/c30-25(31)21-28-26(32)22-15-17-23(18-16-22)27-19-11-6-4-2-1-3-5-7-12-20-35(33,34)29-24-13-9-8-10-14-24/h6,8-11,13-18,27,29H,1-5,7,12,19-21H2,(H,28,32)(H,30,31)/b11-6+. The fourth-order valence-electron chi connectivity index (χ4n) is 3.37. The highest BCUT2D eigenvalue weighted by Gasteiger charge is 2.09. The number of hydrogen-bond donors (Lipinski definition) is 4. The van der Waals surface area contributed by atoms with Gasteiger partial charge in [0, 0.05) is 23.5 Å². The van der Waals surface area contributed by atoms with E-state index >= 15 is 0 Å². The zero-order valence-electron chi connectivity index (χ0n) is 19.9. The van der Waals surface area contributed by atoms with E-state index in [1.165, 1.54) is 0 Å². The lowest BCUT2D eigenvalue weighted by Gasteiger charge is -2.07. The Morgan fingerprint density at radius 2 is 1.46 bits per heavy atom. The monoisotopic (exact) mass is 501 g/mol. The normalized spacial score (nSPS) is 11.3. The summed E-state index contributed by atoms with van der Waals surface area (Å²) in [6.45, 7) is 0.275. The Morgan fingerprint density at radius 1 is 0.800 bits per heavy atom. The molecular formula is C26H35N3O5S. The quantitative estimate of drug-likeness (QED) is 0.185. The summed E-state index contributed by atoms with van der Waals surface area (Å²) in [5.41, 5.74) is 1.90. The smallest absolute Gasteiger partial charge is 0.322 e. The average Bonchev–Trinajstić information content (AvgIpc) is 2.84. The molecule has 2 aromatic carbocycles. The maximum Gasteiger partial charge on any atom is 0.322 e. The number of sulfonamides is 1. The number of carboxylic acids is 1. The summed E-state index contributed by atoms with van der Waals surface area (Å²) in [4.78, 5) is 22.3. The van der Waals surface area contributed by atoms with E-state index in [9.17, 15) is 18.0 Å². The second kappa shape index (κ2) is 15.5. The van der Waals surface area contributed by atoms with Gasteiger partial charge in [-0.3, -0.25) is 14.3 Å². The number of amides is 1. The Balaban J connectivity index is 1.47. The van der Waals surface area contributed by atoms with Gasteiger partial charge < -0.3 is 15.7 Å². The molecule has 2 rings (SSSR count). The first-order chi connectivity index (χ1) is 16.9. The number of nitrogens with one attached hydrogen (secondary N) is 3. The molecule has 0 aliphatic rings. The second-order valence-corrected chi connectivity index (χ2v) is 10.0. The molecule has 35 heavy (non-hydrogen) atoms. The number of hydrogen-bond acceptors (Lipinski definition) is 5. The van der Waals surface area contributed by atoms with Gasteiger partial charge in [-0.15, -0.1) is 0 Å². The summed E-state index contributed by atoms with van der Waals surface area (Å²) in [6.07, 6.45) is 11.2. The molecule has 2 aromatic rings. The van der Waals surface area contributed by atoms with Gasteiger partial charge in [0.05, 0.1) is 5.75 Å². The predicted molar refractivity (Wildman–Crippen MR) is 140 cm³/mol. The zero-order chi connectivity index (χ0) is 25.4. The largest absolute Gasteiger partial charge is 0.480 e. The van der Waals surface area contributed by atoms with Gasteiger partial charge in [0.2, 0.25) is 10.0 Å². The molecule has 0 spiro atoms. The van der Waals surface area contributed by atoms with Crippen molar-refractivity contribution in [1.29, 1.82) is 0 Å². The summed E-state index contributed by atoms with van der Waals surface area (Å²) in [5, 5.41) is 14.2. The van der Waals surface area contributed by atoms with Crippen molar-refractivity contribution in [3.8, 4) is 0 Å². The van der Waals surface area contributed by atoms with E-state index < -0.39 is 28.4 Å². The molecule has 0 saturated heterocycles. The van der Waals surface area contributed by atoms with Crippen LogP contribution in [0.25, 0.3) is 0 Å². The van der Waals surface area contributed by atoms with Crippen LogP contribution < -0.4 is 15.4 Å². The minimum atomic E-state index is -3.28. The zero-order valence-corrected chi connectivity index (χ0v) is 20.7. The molecule has 0 saturated carbocycles. The highest BCUT2D eigenvalue weighted by atomic mass is 32.2. The average molecular weight is 502 g/mol. The number of para-hydroxylation sites is 1. The maximum atomic E-state index is 12.1. The van der Waals surface area contributed by atoms with Crippen LogP contribution in [0, 0.1) is 0 Å². The SMILES string of the molecule is O=C(O)CNC(=O)c1ccc(NC/C=C/CCCCCCCCS(=O)(=O)Nc2ccccc2)cc1. The Hall–Kier alpha value is -3.33. The summed E-state index contributed by atoms with van der Waals surface area (Å²) in [5.74, 6) is -1.34. The van der Waals surface area contributed by atoms with E-state index in [-0.39, 0.29) is 5.75 Å². The molecule has 0 heterocycles. The van der Waals surface area contributed by atoms with Crippen LogP contribution in [0.5, 0.6) is 0 Å². The van der Waals surface area contributed by atoms with Crippen LogP contribution >= 0.6 is 0 Å². The lowest BCUT2D eigenvalue weighted by atomic mass is 10.1. The molecule has 0 bridgehead atoms. The maximum absolute atomic E-state index is 12.1. The first-order valence-electron chi connectivity index (χ1n) is 11.9. The van der Waals surface area contributed by atoms with E-state index in [2.05, 4.69) is 27.5 Å². The minimum absolute atomic E-state index is 0.151. The molecular weight excluding hydrogens is 466 g/mol. The van der Waals surface area contributed by atoms with Gasteiger partial charge in [0.15, 0.2) is 0 Å². The summed E-state index contributed by atoms with van der Waals surface area (Å²) in [6, 6.07) is 15.8. The summed E-state index contributed by atoms with van der Waals surface area (Å²) in [7, 11) is -3.28. The molecule has 1 amide bonds. The minimum Gasteiger partial charge on any atom is -0.480 e. The van der Waals surface area contributed by atoms with Crippen molar-refractivity contribution >= 4 is 33.3 Å². The number of carbonyl (C=O) groups excluding carboxylic acids is 1. The van der Waals surface area contributed by atoms with Gasteiger partial charge in [-0.1, -0.05) is 56.0 Å². The van der Waals surface area contributed by atoms with Gasteiger partial charge in [0.25, 0.3) is 5.91 Å². The third-order valence-electron chi connectivity index (χ3n) is 5.22. The van der Waals surface area contributed by atoms with Crippen LogP contribution in [0.1, 0.15) is 55.3 Å². The molecule has 0 atom stereocenters. The number of rotatable bonds is 17. The van der Waals surface area contributed by atoms with E-state index in [0.717, 1.165) is 44.2 Å². The van der Waals surface area contributed by atoms with E-state index in [0.29, 0.717) is 24.2 Å². The van der Waals surface area contributed by atoms with Crippen LogP contribution in [0.15, 0.2) is 66.7 Å². The molecule has 0 fully saturated rings. The number of unbranched alkanes of at least 4 members (excludes halogenated alkanes) is 6.